The minimum absolute atomic E-state index is 0.148. The molecule has 1 amide bonds. The molecule has 4 rings (SSSR count). The van der Waals surface area contributed by atoms with E-state index >= 15 is 0 Å². The van der Waals surface area contributed by atoms with Crippen LogP contribution in [-0.2, 0) is 10.0 Å². The molecule has 0 bridgehead atoms. The fraction of sp³-hybridized carbons (Fsp3) is 0.286. The first-order valence-electron chi connectivity index (χ1n) is 9.73. The van der Waals surface area contributed by atoms with Crippen molar-refractivity contribution in [3.63, 3.8) is 0 Å². The van der Waals surface area contributed by atoms with Crippen molar-refractivity contribution >= 4 is 32.4 Å². The Morgan fingerprint density at radius 3 is 2.70 bits per heavy atom. The third-order valence-electron chi connectivity index (χ3n) is 5.09. The SMILES string of the molecule is Cc1ccc(S(=O)(=O)N2CCCCC2)cc1C(=O)Nc1nc(-c2cccnc2)cs1. The standard InChI is InChI=1S/C21H22N4O3S2/c1-15-7-8-17(30(27,28)25-10-3-2-4-11-25)12-18(15)20(26)24-21-23-19(14-29-21)16-6-5-9-22-13-16/h5-9,12-14H,2-4,10-11H2,1H3,(H,23,24,26). The predicted molar refractivity (Wildman–Crippen MR) is 117 cm³/mol. The average molecular weight is 443 g/mol. The Kier molecular flexibility index (Phi) is 5.94. The second-order valence-corrected chi connectivity index (χ2v) is 9.97. The normalized spacial score (nSPS) is 15.1. The predicted octanol–water partition coefficient (Wildman–Crippen LogP) is 3.94. The van der Waals surface area contributed by atoms with Gasteiger partial charge in [0.15, 0.2) is 5.13 Å². The van der Waals surface area contributed by atoms with Gasteiger partial charge in [0, 0.05) is 42.0 Å². The maximum Gasteiger partial charge on any atom is 0.257 e. The molecule has 0 unspecified atom stereocenters. The topological polar surface area (TPSA) is 92.3 Å². The zero-order valence-electron chi connectivity index (χ0n) is 16.5. The van der Waals surface area contributed by atoms with Crippen molar-refractivity contribution in [3.05, 3.63) is 59.2 Å². The van der Waals surface area contributed by atoms with E-state index in [-0.39, 0.29) is 10.8 Å². The van der Waals surface area contributed by atoms with Crippen molar-refractivity contribution in [2.24, 2.45) is 0 Å². The molecular formula is C21H22N4O3S2. The van der Waals surface area contributed by atoms with Gasteiger partial charge in [-0.05, 0) is 49.6 Å². The summed E-state index contributed by atoms with van der Waals surface area (Å²) in [5.41, 5.74) is 2.61. The third-order valence-corrected chi connectivity index (χ3v) is 7.74. The van der Waals surface area contributed by atoms with Crippen LogP contribution in [0.5, 0.6) is 0 Å². The molecule has 1 N–H and O–H groups in total. The highest BCUT2D eigenvalue weighted by molar-refractivity contribution is 7.89. The molecule has 0 saturated carbocycles. The number of amides is 1. The summed E-state index contributed by atoms with van der Waals surface area (Å²) in [6.07, 6.45) is 6.16. The van der Waals surface area contributed by atoms with Crippen LogP contribution in [0.3, 0.4) is 0 Å². The number of benzene rings is 1. The molecule has 0 spiro atoms. The van der Waals surface area contributed by atoms with E-state index in [2.05, 4.69) is 15.3 Å². The number of hydrogen-bond acceptors (Lipinski definition) is 6. The highest BCUT2D eigenvalue weighted by Gasteiger charge is 2.27. The molecule has 0 aliphatic carbocycles. The second kappa shape index (κ2) is 8.63. The summed E-state index contributed by atoms with van der Waals surface area (Å²) in [4.78, 5) is 21.5. The van der Waals surface area contributed by atoms with Crippen LogP contribution in [0.2, 0.25) is 0 Å². The van der Waals surface area contributed by atoms with Crippen LogP contribution < -0.4 is 5.32 Å². The number of thiazole rings is 1. The molecule has 1 aromatic carbocycles. The van der Waals surface area contributed by atoms with Gasteiger partial charge in [-0.3, -0.25) is 15.1 Å². The quantitative estimate of drug-likeness (QED) is 0.646. The van der Waals surface area contributed by atoms with E-state index in [1.165, 1.54) is 21.7 Å². The maximum absolute atomic E-state index is 13.0. The summed E-state index contributed by atoms with van der Waals surface area (Å²) in [5.74, 6) is -0.379. The number of carbonyl (C=O) groups excluding carboxylic acids is 1. The van der Waals surface area contributed by atoms with Crippen molar-refractivity contribution in [1.29, 1.82) is 0 Å². The zero-order chi connectivity index (χ0) is 21.1. The third kappa shape index (κ3) is 4.28. The van der Waals surface area contributed by atoms with Gasteiger partial charge in [-0.25, -0.2) is 13.4 Å². The molecule has 9 heteroatoms. The van der Waals surface area contributed by atoms with Crippen LogP contribution in [0.1, 0.15) is 35.2 Å². The highest BCUT2D eigenvalue weighted by Crippen LogP contribution is 2.26. The molecule has 0 atom stereocenters. The lowest BCUT2D eigenvalue weighted by Crippen LogP contribution is -2.35. The number of nitrogens with zero attached hydrogens (tertiary/aromatic N) is 3. The number of pyridine rings is 1. The Morgan fingerprint density at radius 1 is 1.17 bits per heavy atom. The van der Waals surface area contributed by atoms with Crippen molar-refractivity contribution < 1.29 is 13.2 Å². The molecule has 1 aliphatic rings. The molecule has 1 aliphatic heterocycles. The summed E-state index contributed by atoms with van der Waals surface area (Å²) in [6.45, 7) is 2.83. The molecule has 1 fully saturated rings. The van der Waals surface area contributed by atoms with Crippen LogP contribution in [0.4, 0.5) is 5.13 Å². The number of sulfonamides is 1. The number of nitrogens with one attached hydrogen (secondary N) is 1. The average Bonchev–Trinajstić information content (AvgIpc) is 3.23. The molecule has 2 aromatic heterocycles. The monoisotopic (exact) mass is 442 g/mol. The number of anilines is 1. The smallest absolute Gasteiger partial charge is 0.257 e. The summed E-state index contributed by atoms with van der Waals surface area (Å²) < 4.78 is 27.4. The van der Waals surface area contributed by atoms with Gasteiger partial charge in [0.2, 0.25) is 10.0 Å². The van der Waals surface area contributed by atoms with Crippen LogP contribution in [0.15, 0.2) is 53.0 Å². The number of piperidine rings is 1. The largest absolute Gasteiger partial charge is 0.298 e. The van der Waals surface area contributed by atoms with Gasteiger partial charge in [-0.1, -0.05) is 12.5 Å². The first-order chi connectivity index (χ1) is 14.4. The lowest BCUT2D eigenvalue weighted by molar-refractivity contribution is 0.102. The highest BCUT2D eigenvalue weighted by atomic mass is 32.2. The van der Waals surface area contributed by atoms with E-state index in [0.717, 1.165) is 30.5 Å². The minimum Gasteiger partial charge on any atom is -0.298 e. The van der Waals surface area contributed by atoms with E-state index in [1.807, 2.05) is 17.5 Å². The Labute approximate surface area is 179 Å². The van der Waals surface area contributed by atoms with Gasteiger partial charge in [0.25, 0.3) is 5.91 Å². The van der Waals surface area contributed by atoms with Gasteiger partial charge >= 0.3 is 0 Å². The van der Waals surface area contributed by atoms with E-state index in [1.54, 1.807) is 31.5 Å². The Bertz CT molecular complexity index is 1150. The van der Waals surface area contributed by atoms with E-state index in [9.17, 15) is 13.2 Å². The first kappa shape index (κ1) is 20.6. The number of aromatic nitrogens is 2. The second-order valence-electron chi connectivity index (χ2n) is 7.18. The number of rotatable bonds is 5. The molecule has 156 valence electrons. The summed E-state index contributed by atoms with van der Waals surface area (Å²) >= 11 is 1.31. The van der Waals surface area contributed by atoms with Gasteiger partial charge in [-0.2, -0.15) is 4.31 Å². The lowest BCUT2D eigenvalue weighted by Gasteiger charge is -2.26. The van der Waals surface area contributed by atoms with Crippen LogP contribution in [0.25, 0.3) is 11.3 Å². The van der Waals surface area contributed by atoms with Crippen molar-refractivity contribution in [3.8, 4) is 11.3 Å². The summed E-state index contributed by atoms with van der Waals surface area (Å²) in [5, 5.41) is 5.08. The minimum atomic E-state index is -3.61. The zero-order valence-corrected chi connectivity index (χ0v) is 18.2. The van der Waals surface area contributed by atoms with Crippen molar-refractivity contribution in [2.45, 2.75) is 31.1 Å². The van der Waals surface area contributed by atoms with Crippen molar-refractivity contribution in [2.75, 3.05) is 18.4 Å². The molecular weight excluding hydrogens is 420 g/mol. The molecule has 1 saturated heterocycles. The summed E-state index contributed by atoms with van der Waals surface area (Å²) in [6, 6.07) is 8.43. The number of aryl methyl sites for hydroxylation is 1. The Hall–Kier alpha value is -2.62. The molecule has 30 heavy (non-hydrogen) atoms. The fourth-order valence-corrected chi connectivity index (χ4v) is 5.66. The maximum atomic E-state index is 13.0. The molecule has 7 nitrogen and oxygen atoms in total. The van der Waals surface area contributed by atoms with E-state index in [4.69, 9.17) is 0 Å². The first-order valence-corrected chi connectivity index (χ1v) is 12.1. The van der Waals surface area contributed by atoms with Crippen LogP contribution in [0, 0.1) is 6.92 Å². The van der Waals surface area contributed by atoms with Gasteiger partial charge < -0.3 is 0 Å². The Morgan fingerprint density at radius 2 is 1.97 bits per heavy atom. The van der Waals surface area contributed by atoms with Gasteiger partial charge in [-0.15, -0.1) is 11.3 Å². The van der Waals surface area contributed by atoms with Gasteiger partial charge in [0.05, 0.1) is 10.6 Å². The van der Waals surface area contributed by atoms with Crippen molar-refractivity contribution in [1.82, 2.24) is 14.3 Å². The molecule has 3 heterocycles. The summed E-state index contributed by atoms with van der Waals surface area (Å²) in [7, 11) is -3.61. The fourth-order valence-electron chi connectivity index (χ4n) is 3.40. The molecule has 0 radical (unpaired) electrons. The number of hydrogen-bond donors (Lipinski definition) is 1. The Balaban J connectivity index is 1.56. The lowest BCUT2D eigenvalue weighted by atomic mass is 10.1. The van der Waals surface area contributed by atoms with E-state index < -0.39 is 10.0 Å². The molecule has 3 aromatic rings. The van der Waals surface area contributed by atoms with E-state index in [0.29, 0.717) is 29.3 Å². The number of carbonyl (C=O) groups is 1. The van der Waals surface area contributed by atoms with Crippen LogP contribution >= 0.6 is 11.3 Å². The van der Waals surface area contributed by atoms with Crippen LogP contribution in [-0.4, -0.2) is 41.7 Å². The van der Waals surface area contributed by atoms with Gasteiger partial charge in [0.1, 0.15) is 0 Å².